The number of ketones is 1. The zero-order chi connectivity index (χ0) is 31.0. The van der Waals surface area contributed by atoms with Crippen molar-refractivity contribution in [3.05, 3.63) is 49.9 Å². The van der Waals surface area contributed by atoms with Gasteiger partial charge < -0.3 is 15.0 Å². The molecule has 1 N–H and O–H groups in total. The second-order valence-electron chi connectivity index (χ2n) is 15.4. The van der Waals surface area contributed by atoms with E-state index in [4.69, 9.17) is 4.74 Å². The number of fused-ring (bicyclic) bond motifs is 2. The minimum atomic E-state index is -0.0292. The number of hydrogen-bond donors (Lipinski definition) is 1. The fraction of sp³-hybridized carbons (Fsp3) is 0.737. The lowest BCUT2D eigenvalue weighted by Crippen LogP contribution is -2.49. The summed E-state index contributed by atoms with van der Waals surface area (Å²) in [5.74, 6) is 3.91. The van der Waals surface area contributed by atoms with Gasteiger partial charge in [0.05, 0.1) is 6.61 Å². The Morgan fingerprint density at radius 1 is 0.814 bits per heavy atom. The van der Waals surface area contributed by atoms with E-state index in [0.717, 1.165) is 69.1 Å². The van der Waals surface area contributed by atoms with Gasteiger partial charge in [-0.25, -0.2) is 0 Å². The van der Waals surface area contributed by atoms with Crippen LogP contribution in [-0.2, 0) is 14.3 Å². The zero-order valence-electron chi connectivity index (χ0n) is 27.5. The molecule has 1 heterocycles. The second-order valence-corrected chi connectivity index (χ2v) is 15.4. The third-order valence-electron chi connectivity index (χ3n) is 11.5. The first-order chi connectivity index (χ1) is 20.5. The molecule has 2 bridgehead atoms. The van der Waals surface area contributed by atoms with E-state index in [2.05, 4.69) is 50.4 Å². The lowest BCUT2D eigenvalue weighted by molar-refractivity contribution is -0.122. The average Bonchev–Trinajstić information content (AvgIpc) is 3.20. The molecule has 5 heteroatoms. The average molecular weight is 593 g/mol. The molecule has 3 atom stereocenters. The molecule has 1 aliphatic heterocycles. The molecule has 4 fully saturated rings. The van der Waals surface area contributed by atoms with E-state index in [0.29, 0.717) is 30.6 Å². The summed E-state index contributed by atoms with van der Waals surface area (Å²) in [7, 11) is 0. The number of carbonyl (C=O) groups excluding carboxylic acids is 2. The van der Waals surface area contributed by atoms with Gasteiger partial charge in [-0.05, 0) is 106 Å². The fourth-order valence-corrected chi connectivity index (χ4v) is 9.01. The number of allylic oxidation sites excluding steroid dienone is 3. The molecule has 1 amide bonds. The van der Waals surface area contributed by atoms with E-state index in [9.17, 15) is 9.59 Å². The van der Waals surface area contributed by atoms with E-state index < -0.39 is 0 Å². The number of rotatable bonds is 16. The molecule has 4 aliphatic rings. The van der Waals surface area contributed by atoms with Gasteiger partial charge in [-0.2, -0.15) is 0 Å². The third-order valence-corrected chi connectivity index (χ3v) is 11.5. The van der Waals surface area contributed by atoms with Crippen LogP contribution in [-0.4, -0.2) is 41.3 Å². The Hall–Kier alpha value is -2.30. The summed E-state index contributed by atoms with van der Waals surface area (Å²) in [6.45, 7) is 22.3. The molecule has 5 nitrogen and oxygen atoms in total. The van der Waals surface area contributed by atoms with Crippen molar-refractivity contribution in [2.75, 3.05) is 13.2 Å². The van der Waals surface area contributed by atoms with Crippen LogP contribution < -0.4 is 5.32 Å². The first kappa shape index (κ1) is 33.6. The first-order valence-corrected chi connectivity index (χ1v) is 17.3. The van der Waals surface area contributed by atoms with E-state index in [1.54, 1.807) is 0 Å². The van der Waals surface area contributed by atoms with E-state index in [1.165, 1.54) is 63.9 Å². The Morgan fingerprint density at radius 2 is 1.37 bits per heavy atom. The maximum absolute atomic E-state index is 13.1. The van der Waals surface area contributed by atoms with Crippen LogP contribution >= 0.6 is 0 Å². The van der Waals surface area contributed by atoms with Gasteiger partial charge in [0.1, 0.15) is 0 Å². The van der Waals surface area contributed by atoms with Crippen LogP contribution in [0.1, 0.15) is 123 Å². The molecule has 0 spiro atoms. The molecule has 240 valence electrons. The highest BCUT2D eigenvalue weighted by atomic mass is 16.5. The maximum atomic E-state index is 13.1. The molecule has 0 radical (unpaired) electrons. The minimum Gasteiger partial charge on any atom is -0.479 e. The smallest absolute Gasteiger partial charge is 0.220 e. The normalized spacial score (nSPS) is 33.8. The van der Waals surface area contributed by atoms with Crippen LogP contribution in [0.2, 0.25) is 0 Å². The van der Waals surface area contributed by atoms with Crippen molar-refractivity contribution in [2.24, 2.45) is 29.1 Å². The van der Waals surface area contributed by atoms with Crippen LogP contribution in [0.3, 0.4) is 0 Å². The van der Waals surface area contributed by atoms with E-state index >= 15 is 0 Å². The number of likely N-dealkylation sites (tertiary alicyclic amines) is 1. The SMILES string of the molecule is C=CC(=C)CCC1CCC(COC(=C)N2CC3(C)CC(NC(=O)CCC4CCC(CCC(=O)C=C)CC4)CC2(C)C3)CC1. The lowest BCUT2D eigenvalue weighted by Gasteiger charge is -2.42. The minimum absolute atomic E-state index is 0.0292. The molecule has 43 heavy (non-hydrogen) atoms. The largest absolute Gasteiger partial charge is 0.479 e. The van der Waals surface area contributed by atoms with Gasteiger partial charge in [-0.1, -0.05) is 76.8 Å². The summed E-state index contributed by atoms with van der Waals surface area (Å²) >= 11 is 0. The highest BCUT2D eigenvalue weighted by Gasteiger charge is 2.54. The quantitative estimate of drug-likeness (QED) is 0.111. The Bertz CT molecular complexity index is 1020. The maximum Gasteiger partial charge on any atom is 0.220 e. The molecule has 1 saturated heterocycles. The number of carbonyl (C=O) groups is 2. The van der Waals surface area contributed by atoms with Gasteiger partial charge >= 0.3 is 0 Å². The fourth-order valence-electron chi connectivity index (χ4n) is 9.01. The van der Waals surface area contributed by atoms with Crippen molar-refractivity contribution in [1.29, 1.82) is 0 Å². The molecule has 0 aromatic rings. The molecule has 3 aliphatic carbocycles. The summed E-state index contributed by atoms with van der Waals surface area (Å²) < 4.78 is 6.39. The van der Waals surface area contributed by atoms with Crippen molar-refractivity contribution in [3.63, 3.8) is 0 Å². The molecule has 3 unspecified atom stereocenters. The summed E-state index contributed by atoms with van der Waals surface area (Å²) in [6, 6.07) is 0.208. The topological polar surface area (TPSA) is 58.6 Å². The molecule has 0 aromatic heterocycles. The summed E-state index contributed by atoms with van der Waals surface area (Å²) in [6.07, 6.45) is 21.7. The molecular weight excluding hydrogens is 532 g/mol. The number of amides is 1. The number of hydrogen-bond acceptors (Lipinski definition) is 4. The Balaban J connectivity index is 1.16. The summed E-state index contributed by atoms with van der Waals surface area (Å²) in [4.78, 5) is 27.0. The van der Waals surface area contributed by atoms with Gasteiger partial charge in [0.2, 0.25) is 5.91 Å². The van der Waals surface area contributed by atoms with Crippen LogP contribution in [0.25, 0.3) is 0 Å². The molecular formula is C38H60N2O3. The Kier molecular flexibility index (Phi) is 11.8. The predicted octanol–water partition coefficient (Wildman–Crippen LogP) is 8.67. The van der Waals surface area contributed by atoms with Crippen molar-refractivity contribution in [2.45, 2.75) is 135 Å². The van der Waals surface area contributed by atoms with Crippen LogP contribution in [0, 0.1) is 29.1 Å². The van der Waals surface area contributed by atoms with Crippen LogP contribution in [0.4, 0.5) is 0 Å². The zero-order valence-corrected chi connectivity index (χ0v) is 27.5. The molecule has 4 rings (SSSR count). The van der Waals surface area contributed by atoms with Crippen LogP contribution in [0.15, 0.2) is 49.9 Å². The first-order valence-electron chi connectivity index (χ1n) is 17.3. The van der Waals surface area contributed by atoms with Crippen molar-refractivity contribution < 1.29 is 14.3 Å². The van der Waals surface area contributed by atoms with Crippen molar-refractivity contribution in [1.82, 2.24) is 10.2 Å². The number of ether oxygens (including phenoxy) is 1. The van der Waals surface area contributed by atoms with Gasteiger partial charge in [0, 0.05) is 31.0 Å². The standard InChI is InChI=1S/C38H60N2O3/c1-7-28(3)9-10-30-15-17-33(18-16-30)25-43-29(4)40-27-37(5)23-34(24-38(40,6)26-37)39-36(42)22-20-32-13-11-31(12-14-32)19-21-35(41)8-2/h7-8,30-34H,1-4,9-27H2,5-6H3,(H,39,42). The lowest BCUT2D eigenvalue weighted by atomic mass is 9.70. The monoisotopic (exact) mass is 592 g/mol. The van der Waals surface area contributed by atoms with Gasteiger partial charge in [0.15, 0.2) is 11.7 Å². The second kappa shape index (κ2) is 15.1. The third kappa shape index (κ3) is 9.59. The van der Waals surface area contributed by atoms with Gasteiger partial charge in [-0.3, -0.25) is 9.59 Å². The van der Waals surface area contributed by atoms with E-state index in [1.807, 2.05) is 6.08 Å². The van der Waals surface area contributed by atoms with Crippen LogP contribution in [0.5, 0.6) is 0 Å². The predicted molar refractivity (Wildman–Crippen MR) is 177 cm³/mol. The van der Waals surface area contributed by atoms with Crippen molar-refractivity contribution >= 4 is 11.7 Å². The Morgan fingerprint density at radius 3 is 1.95 bits per heavy atom. The van der Waals surface area contributed by atoms with Gasteiger partial charge in [0.25, 0.3) is 0 Å². The summed E-state index contributed by atoms with van der Waals surface area (Å²) in [5, 5.41) is 3.43. The highest BCUT2D eigenvalue weighted by Crippen LogP contribution is 2.52. The van der Waals surface area contributed by atoms with Gasteiger partial charge in [-0.15, -0.1) is 0 Å². The Labute approximate surface area is 262 Å². The van der Waals surface area contributed by atoms with E-state index in [-0.39, 0.29) is 28.7 Å². The molecule has 3 saturated carbocycles. The number of nitrogens with one attached hydrogen (secondary N) is 1. The van der Waals surface area contributed by atoms with Crippen molar-refractivity contribution in [3.8, 4) is 0 Å². The number of nitrogens with zero attached hydrogens (tertiary/aromatic N) is 1. The molecule has 0 aromatic carbocycles. The highest BCUT2D eigenvalue weighted by molar-refractivity contribution is 5.88. The summed E-state index contributed by atoms with van der Waals surface area (Å²) in [5.41, 5.74) is 1.29.